The molecule has 1 aromatic heterocycles. The van der Waals surface area contributed by atoms with Crippen LogP contribution in [0.3, 0.4) is 0 Å². The summed E-state index contributed by atoms with van der Waals surface area (Å²) in [6.07, 6.45) is -4.42. The summed E-state index contributed by atoms with van der Waals surface area (Å²) in [5.41, 5.74) is 2.15. The second-order valence-electron chi connectivity index (χ2n) is 8.20. The highest BCUT2D eigenvalue weighted by Gasteiger charge is 2.30. The van der Waals surface area contributed by atoms with Gasteiger partial charge >= 0.3 is 6.18 Å². The van der Waals surface area contributed by atoms with Gasteiger partial charge in [0.15, 0.2) is 5.76 Å². The summed E-state index contributed by atoms with van der Waals surface area (Å²) in [7, 11) is 0. The number of rotatable bonds is 6. The molecule has 0 radical (unpaired) electrons. The number of anilines is 1. The van der Waals surface area contributed by atoms with E-state index < -0.39 is 17.6 Å². The van der Waals surface area contributed by atoms with Crippen LogP contribution in [0, 0.1) is 6.92 Å². The number of nitrogens with zero attached hydrogens (tertiary/aromatic N) is 2. The molecular weight excluding hydrogens is 431 g/mol. The first-order valence-electron chi connectivity index (χ1n) is 10.9. The first-order chi connectivity index (χ1) is 15.8. The predicted octanol–water partition coefficient (Wildman–Crippen LogP) is 4.86. The Balaban J connectivity index is 1.28. The molecule has 2 aromatic carbocycles. The topological polar surface area (TPSA) is 48.7 Å². The molecule has 1 amide bonds. The fourth-order valence-electron chi connectivity index (χ4n) is 4.00. The number of hydrogen-bond donors (Lipinski definition) is 1. The first kappa shape index (κ1) is 22.9. The lowest BCUT2D eigenvalue weighted by molar-refractivity contribution is -0.137. The maximum atomic E-state index is 12.8. The van der Waals surface area contributed by atoms with E-state index in [1.165, 1.54) is 17.3 Å². The SMILES string of the molecule is Cc1ccccc1N1CCN(Cc2ccc(C(=O)NCc3cccc(C(F)(F)F)c3)o2)CC1. The standard InChI is InChI=1S/C25H26F3N3O2/c1-18-5-2-3-8-22(18)31-13-11-30(12-14-31)17-21-9-10-23(33-21)24(32)29-16-19-6-4-7-20(15-19)25(26,27)28/h2-10,15H,11-14,16-17H2,1H3,(H,29,32). The lowest BCUT2D eigenvalue weighted by Crippen LogP contribution is -2.46. The van der Waals surface area contributed by atoms with Gasteiger partial charge in [-0.15, -0.1) is 0 Å². The van der Waals surface area contributed by atoms with Crippen LogP contribution in [0.15, 0.2) is 65.1 Å². The highest BCUT2D eigenvalue weighted by atomic mass is 19.4. The van der Waals surface area contributed by atoms with E-state index in [1.54, 1.807) is 18.2 Å². The number of hydrogen-bond acceptors (Lipinski definition) is 4. The quantitative estimate of drug-likeness (QED) is 0.575. The molecule has 174 valence electrons. The number of furan rings is 1. The smallest absolute Gasteiger partial charge is 0.416 e. The fraction of sp³-hybridized carbons (Fsp3) is 0.320. The van der Waals surface area contributed by atoms with Crippen LogP contribution >= 0.6 is 0 Å². The number of carbonyl (C=O) groups excluding carboxylic acids is 1. The number of halogens is 3. The molecular formula is C25H26F3N3O2. The molecule has 4 rings (SSSR count). The van der Waals surface area contributed by atoms with Crippen molar-refractivity contribution in [3.05, 3.63) is 88.9 Å². The van der Waals surface area contributed by atoms with Crippen molar-refractivity contribution in [3.63, 3.8) is 0 Å². The molecule has 1 saturated heterocycles. The third-order valence-corrected chi connectivity index (χ3v) is 5.80. The average Bonchev–Trinajstić information content (AvgIpc) is 3.27. The van der Waals surface area contributed by atoms with Gasteiger partial charge in [0, 0.05) is 38.4 Å². The summed E-state index contributed by atoms with van der Waals surface area (Å²) in [5.74, 6) is 0.377. The molecule has 33 heavy (non-hydrogen) atoms. The maximum absolute atomic E-state index is 12.8. The van der Waals surface area contributed by atoms with Gasteiger partial charge in [0.1, 0.15) is 5.76 Å². The van der Waals surface area contributed by atoms with Crippen LogP contribution in [-0.4, -0.2) is 37.0 Å². The third kappa shape index (κ3) is 5.76. The summed E-state index contributed by atoms with van der Waals surface area (Å²) in [5, 5.41) is 2.62. The Hall–Kier alpha value is -3.26. The van der Waals surface area contributed by atoms with Crippen LogP contribution in [0.25, 0.3) is 0 Å². The maximum Gasteiger partial charge on any atom is 0.416 e. The largest absolute Gasteiger partial charge is 0.455 e. The second kappa shape index (κ2) is 9.70. The Bertz CT molecular complexity index is 1100. The van der Waals surface area contributed by atoms with Crippen LogP contribution < -0.4 is 10.2 Å². The molecule has 8 heteroatoms. The number of aryl methyl sites for hydroxylation is 1. The van der Waals surface area contributed by atoms with Crippen molar-refractivity contribution in [1.82, 2.24) is 10.2 Å². The van der Waals surface area contributed by atoms with Gasteiger partial charge in [-0.05, 0) is 48.4 Å². The van der Waals surface area contributed by atoms with E-state index in [0.29, 0.717) is 17.9 Å². The molecule has 3 aromatic rings. The summed E-state index contributed by atoms with van der Waals surface area (Å²) in [4.78, 5) is 17.0. The lowest BCUT2D eigenvalue weighted by atomic mass is 10.1. The minimum Gasteiger partial charge on any atom is -0.455 e. The number of alkyl halides is 3. The highest BCUT2D eigenvalue weighted by Crippen LogP contribution is 2.29. The van der Waals surface area contributed by atoms with Gasteiger partial charge in [-0.2, -0.15) is 13.2 Å². The minimum atomic E-state index is -4.42. The van der Waals surface area contributed by atoms with Gasteiger partial charge in [0.2, 0.25) is 0 Å². The third-order valence-electron chi connectivity index (χ3n) is 5.80. The van der Waals surface area contributed by atoms with Crippen LogP contribution in [0.5, 0.6) is 0 Å². The van der Waals surface area contributed by atoms with Gasteiger partial charge in [0.25, 0.3) is 5.91 Å². The minimum absolute atomic E-state index is 0.0142. The average molecular weight is 457 g/mol. The van der Waals surface area contributed by atoms with Crippen LogP contribution in [-0.2, 0) is 19.3 Å². The molecule has 0 unspecified atom stereocenters. The summed E-state index contributed by atoms with van der Waals surface area (Å²) >= 11 is 0. The molecule has 0 spiro atoms. The van der Waals surface area contributed by atoms with Crippen molar-refractivity contribution >= 4 is 11.6 Å². The van der Waals surface area contributed by atoms with E-state index in [9.17, 15) is 18.0 Å². The van der Waals surface area contributed by atoms with E-state index in [1.807, 2.05) is 6.07 Å². The van der Waals surface area contributed by atoms with E-state index in [0.717, 1.165) is 38.3 Å². The summed E-state index contributed by atoms with van der Waals surface area (Å²) < 4.78 is 44.2. The number of carbonyl (C=O) groups is 1. The monoisotopic (exact) mass is 457 g/mol. The Morgan fingerprint density at radius 1 is 1.00 bits per heavy atom. The highest BCUT2D eigenvalue weighted by molar-refractivity contribution is 5.91. The zero-order valence-corrected chi connectivity index (χ0v) is 18.4. The van der Waals surface area contributed by atoms with Crippen LogP contribution in [0.1, 0.15) is 33.0 Å². The first-order valence-corrected chi connectivity index (χ1v) is 10.9. The molecule has 1 fully saturated rings. The number of amides is 1. The van der Waals surface area contributed by atoms with E-state index >= 15 is 0 Å². The Kier molecular flexibility index (Phi) is 6.74. The van der Waals surface area contributed by atoms with Crippen LogP contribution in [0.4, 0.5) is 18.9 Å². The summed E-state index contributed by atoms with van der Waals surface area (Å²) in [6.45, 7) is 6.29. The molecule has 0 aliphatic carbocycles. The second-order valence-corrected chi connectivity index (χ2v) is 8.20. The Morgan fingerprint density at radius 3 is 2.48 bits per heavy atom. The number of benzene rings is 2. The van der Waals surface area contributed by atoms with Crippen molar-refractivity contribution in [1.29, 1.82) is 0 Å². The van der Waals surface area contributed by atoms with Crippen molar-refractivity contribution < 1.29 is 22.4 Å². The van der Waals surface area contributed by atoms with Crippen molar-refractivity contribution in [3.8, 4) is 0 Å². The zero-order chi connectivity index (χ0) is 23.4. The van der Waals surface area contributed by atoms with E-state index in [2.05, 4.69) is 40.2 Å². The van der Waals surface area contributed by atoms with Gasteiger partial charge in [-0.1, -0.05) is 30.3 Å². The molecule has 2 heterocycles. The lowest BCUT2D eigenvalue weighted by Gasteiger charge is -2.36. The van der Waals surface area contributed by atoms with Gasteiger partial charge in [0.05, 0.1) is 12.1 Å². The number of piperazine rings is 1. The number of nitrogens with one attached hydrogen (secondary N) is 1. The predicted molar refractivity (Wildman–Crippen MR) is 120 cm³/mol. The Morgan fingerprint density at radius 2 is 1.76 bits per heavy atom. The Labute approximate surface area is 190 Å². The normalized spacial score (nSPS) is 15.0. The zero-order valence-electron chi connectivity index (χ0n) is 18.4. The summed E-state index contributed by atoms with van der Waals surface area (Å²) in [6, 6.07) is 16.6. The van der Waals surface area contributed by atoms with Crippen molar-refractivity contribution in [2.45, 2.75) is 26.2 Å². The molecule has 5 nitrogen and oxygen atoms in total. The molecule has 1 aliphatic heterocycles. The van der Waals surface area contributed by atoms with Gasteiger partial charge < -0.3 is 14.6 Å². The molecule has 0 saturated carbocycles. The molecule has 1 aliphatic rings. The van der Waals surface area contributed by atoms with Crippen molar-refractivity contribution in [2.75, 3.05) is 31.1 Å². The molecule has 0 atom stereocenters. The fourth-order valence-corrected chi connectivity index (χ4v) is 4.00. The number of para-hydroxylation sites is 1. The van der Waals surface area contributed by atoms with E-state index in [-0.39, 0.29) is 12.3 Å². The van der Waals surface area contributed by atoms with Crippen LogP contribution in [0.2, 0.25) is 0 Å². The van der Waals surface area contributed by atoms with Gasteiger partial charge in [-0.25, -0.2) is 0 Å². The van der Waals surface area contributed by atoms with Gasteiger partial charge in [-0.3, -0.25) is 9.69 Å². The molecule has 1 N–H and O–H groups in total. The molecule has 0 bridgehead atoms. The van der Waals surface area contributed by atoms with E-state index in [4.69, 9.17) is 4.42 Å². The van der Waals surface area contributed by atoms with Crippen molar-refractivity contribution in [2.24, 2.45) is 0 Å².